The maximum absolute atomic E-state index is 14.8. The summed E-state index contributed by atoms with van der Waals surface area (Å²) in [5.74, 6) is -1.05. The number of hydrogen-bond donors (Lipinski definition) is 1. The lowest BCUT2D eigenvalue weighted by atomic mass is 10.0. The van der Waals surface area contributed by atoms with E-state index in [1.54, 1.807) is 19.1 Å². The van der Waals surface area contributed by atoms with E-state index in [9.17, 15) is 32.3 Å². The second-order valence-electron chi connectivity index (χ2n) is 6.89. The van der Waals surface area contributed by atoms with Crippen molar-refractivity contribution in [1.29, 1.82) is 0 Å². The lowest BCUT2D eigenvalue weighted by molar-refractivity contribution is -0.144. The monoisotopic (exact) mass is 451 g/mol. The van der Waals surface area contributed by atoms with Gasteiger partial charge in [0.25, 0.3) is 5.56 Å². The van der Waals surface area contributed by atoms with Gasteiger partial charge in [-0.2, -0.15) is 17.5 Å². The number of rotatable bonds is 2. The van der Waals surface area contributed by atoms with E-state index in [2.05, 4.69) is 4.37 Å². The third kappa shape index (κ3) is 3.40. The summed E-state index contributed by atoms with van der Waals surface area (Å²) in [6.45, 7) is 1.78. The average Bonchev–Trinajstić information content (AvgIpc) is 3.06. The molecule has 2 heterocycles. The molecule has 0 amide bonds. The molecule has 11 heteroatoms. The molecule has 0 spiro atoms. The van der Waals surface area contributed by atoms with Gasteiger partial charge in [0.1, 0.15) is 17.3 Å². The van der Waals surface area contributed by atoms with Crippen LogP contribution in [0.5, 0.6) is 5.75 Å². The summed E-state index contributed by atoms with van der Waals surface area (Å²) in [6, 6.07) is 7.32. The van der Waals surface area contributed by atoms with Crippen LogP contribution in [0.1, 0.15) is 11.3 Å². The van der Waals surface area contributed by atoms with Crippen LogP contribution in [-0.2, 0) is 13.2 Å². The Morgan fingerprint density at radius 3 is 2.45 bits per heavy atom. The lowest BCUT2D eigenvalue weighted by Gasteiger charge is -2.14. The van der Waals surface area contributed by atoms with Crippen LogP contribution in [0.15, 0.2) is 46.0 Å². The molecule has 0 radical (unpaired) electrons. The van der Waals surface area contributed by atoms with Gasteiger partial charge in [-0.15, -0.1) is 0 Å². The molecule has 0 aliphatic carbocycles. The Balaban J connectivity index is 2.00. The Morgan fingerprint density at radius 2 is 1.81 bits per heavy atom. The molecule has 4 aromatic rings. The summed E-state index contributed by atoms with van der Waals surface area (Å²) >= 11 is 0.937. The fraction of sp³-hybridized carbons (Fsp3) is 0.150. The fourth-order valence-electron chi connectivity index (χ4n) is 3.28. The first-order chi connectivity index (χ1) is 14.5. The van der Waals surface area contributed by atoms with Gasteiger partial charge in [-0.1, -0.05) is 6.07 Å². The number of aromatic hydroxyl groups is 1. The van der Waals surface area contributed by atoms with E-state index in [4.69, 9.17) is 0 Å². The first-order valence-electron chi connectivity index (χ1n) is 8.78. The van der Waals surface area contributed by atoms with Gasteiger partial charge < -0.3 is 5.11 Å². The van der Waals surface area contributed by atoms with Crippen molar-refractivity contribution < 1.29 is 22.7 Å². The first kappa shape index (κ1) is 20.8. The van der Waals surface area contributed by atoms with Gasteiger partial charge in [0.05, 0.1) is 16.1 Å². The maximum Gasteiger partial charge on any atom is 0.431 e. The number of aryl methyl sites for hydroxylation is 1. The molecule has 0 aliphatic rings. The topological polar surface area (TPSA) is 77.1 Å². The summed E-state index contributed by atoms with van der Waals surface area (Å²) in [4.78, 5) is 24.9. The van der Waals surface area contributed by atoms with Crippen molar-refractivity contribution in [2.45, 2.75) is 13.1 Å². The van der Waals surface area contributed by atoms with Crippen LogP contribution in [0.4, 0.5) is 17.6 Å². The van der Waals surface area contributed by atoms with Gasteiger partial charge in [-0.05, 0) is 48.3 Å². The van der Waals surface area contributed by atoms with Crippen LogP contribution < -0.4 is 11.2 Å². The second kappa shape index (κ2) is 7.05. The van der Waals surface area contributed by atoms with E-state index >= 15 is 0 Å². The van der Waals surface area contributed by atoms with Crippen molar-refractivity contribution in [2.24, 2.45) is 7.05 Å². The number of hydrogen-bond acceptors (Lipinski definition) is 5. The summed E-state index contributed by atoms with van der Waals surface area (Å²) in [6.07, 6.45) is -4.93. The minimum absolute atomic E-state index is 0.0688. The highest BCUT2D eigenvalue weighted by Crippen LogP contribution is 2.37. The predicted octanol–water partition coefficient (Wildman–Crippen LogP) is 3.98. The number of phenolic OH excluding ortho intramolecular Hbond substituents is 1. The number of phenols is 1. The van der Waals surface area contributed by atoms with Crippen LogP contribution in [0.3, 0.4) is 0 Å². The van der Waals surface area contributed by atoms with Crippen molar-refractivity contribution in [3.8, 4) is 22.7 Å². The molecule has 2 aromatic carbocycles. The highest BCUT2D eigenvalue weighted by molar-refractivity contribution is 7.13. The Bertz CT molecular complexity index is 1470. The number of aromatic nitrogens is 3. The Kier molecular flexibility index (Phi) is 4.73. The molecule has 0 atom stereocenters. The SMILES string of the molecule is Cc1ccc(-c2nsc3cc(F)c(-n4c(=O)cc(C(F)(F)F)n(C)c4=O)cc23)c(O)c1. The van der Waals surface area contributed by atoms with Gasteiger partial charge in [-0.25, -0.2) is 13.8 Å². The Morgan fingerprint density at radius 1 is 1.10 bits per heavy atom. The minimum Gasteiger partial charge on any atom is -0.507 e. The molecule has 31 heavy (non-hydrogen) atoms. The van der Waals surface area contributed by atoms with E-state index in [-0.39, 0.29) is 22.1 Å². The number of benzene rings is 2. The van der Waals surface area contributed by atoms with E-state index in [1.807, 2.05) is 0 Å². The third-order valence-electron chi connectivity index (χ3n) is 4.80. The second-order valence-corrected chi connectivity index (χ2v) is 7.70. The number of halogens is 4. The summed E-state index contributed by atoms with van der Waals surface area (Å²) in [5.41, 5.74) is -3.19. The molecule has 6 nitrogen and oxygen atoms in total. The van der Waals surface area contributed by atoms with E-state index in [0.717, 1.165) is 30.2 Å². The Hall–Kier alpha value is -3.47. The summed E-state index contributed by atoms with van der Waals surface area (Å²) in [7, 11) is 0.847. The highest BCUT2D eigenvalue weighted by Gasteiger charge is 2.35. The molecule has 0 aliphatic heterocycles. The third-order valence-corrected chi connectivity index (χ3v) is 5.61. The Labute approximate surface area is 175 Å². The molecular formula is C20H13F4N3O3S. The van der Waals surface area contributed by atoms with Gasteiger partial charge in [-0.3, -0.25) is 9.36 Å². The lowest BCUT2D eigenvalue weighted by Crippen LogP contribution is -2.41. The van der Waals surface area contributed by atoms with Crippen molar-refractivity contribution >= 4 is 21.6 Å². The highest BCUT2D eigenvalue weighted by atomic mass is 32.1. The van der Waals surface area contributed by atoms with Gasteiger partial charge in [0.15, 0.2) is 0 Å². The van der Waals surface area contributed by atoms with Crippen molar-refractivity contribution in [1.82, 2.24) is 13.5 Å². The zero-order chi connectivity index (χ0) is 22.7. The molecule has 0 bridgehead atoms. The van der Waals surface area contributed by atoms with Crippen LogP contribution in [0.2, 0.25) is 0 Å². The minimum atomic E-state index is -4.93. The zero-order valence-corrected chi connectivity index (χ0v) is 16.8. The first-order valence-corrected chi connectivity index (χ1v) is 9.56. The van der Waals surface area contributed by atoms with Gasteiger partial charge in [0, 0.05) is 24.1 Å². The summed E-state index contributed by atoms with van der Waals surface area (Å²) < 4.78 is 59.2. The van der Waals surface area contributed by atoms with Crippen molar-refractivity contribution in [3.63, 3.8) is 0 Å². The number of alkyl halides is 3. The van der Waals surface area contributed by atoms with E-state index in [1.165, 1.54) is 12.1 Å². The summed E-state index contributed by atoms with van der Waals surface area (Å²) in [5, 5.41) is 10.6. The van der Waals surface area contributed by atoms with Crippen molar-refractivity contribution in [2.75, 3.05) is 0 Å². The standard InChI is InChI=1S/C20H13F4N3O3S/c1-9-3-4-10(14(28)5-9)18-11-6-13(12(21)7-15(11)31-25-18)27-17(29)8-16(20(22,23)24)26(2)19(27)30/h3-8,28H,1-2H3. The fourth-order valence-corrected chi connectivity index (χ4v) is 4.07. The molecular weight excluding hydrogens is 438 g/mol. The van der Waals surface area contributed by atoms with Gasteiger partial charge >= 0.3 is 11.9 Å². The smallest absolute Gasteiger partial charge is 0.431 e. The van der Waals surface area contributed by atoms with Crippen LogP contribution in [0.25, 0.3) is 27.0 Å². The molecule has 160 valence electrons. The number of nitrogens with zero attached hydrogens (tertiary/aromatic N) is 3. The molecule has 4 rings (SSSR count). The molecule has 2 aromatic heterocycles. The van der Waals surface area contributed by atoms with Crippen molar-refractivity contribution in [3.05, 3.63) is 74.3 Å². The van der Waals surface area contributed by atoms with Crippen LogP contribution in [-0.4, -0.2) is 18.6 Å². The zero-order valence-electron chi connectivity index (χ0n) is 16.0. The normalized spacial score (nSPS) is 11.9. The quantitative estimate of drug-likeness (QED) is 0.468. The molecule has 0 saturated heterocycles. The number of fused-ring (bicyclic) bond motifs is 1. The maximum atomic E-state index is 14.8. The van der Waals surface area contributed by atoms with E-state index in [0.29, 0.717) is 20.2 Å². The molecule has 1 N–H and O–H groups in total. The van der Waals surface area contributed by atoms with Crippen LogP contribution in [0, 0.1) is 12.7 Å². The largest absolute Gasteiger partial charge is 0.507 e. The molecule has 0 saturated carbocycles. The predicted molar refractivity (Wildman–Crippen MR) is 107 cm³/mol. The molecule has 0 fully saturated rings. The average molecular weight is 451 g/mol. The molecule has 0 unspecified atom stereocenters. The van der Waals surface area contributed by atoms with Gasteiger partial charge in [0.2, 0.25) is 0 Å². The van der Waals surface area contributed by atoms with E-state index < -0.39 is 34.6 Å². The van der Waals surface area contributed by atoms with Crippen LogP contribution >= 0.6 is 11.5 Å².